The van der Waals surface area contributed by atoms with Crippen molar-refractivity contribution in [2.45, 2.75) is 25.8 Å². The predicted molar refractivity (Wildman–Crippen MR) is 82.6 cm³/mol. The number of alkyl halides is 3. The molecule has 0 bridgehead atoms. The molecule has 0 radical (unpaired) electrons. The lowest BCUT2D eigenvalue weighted by Crippen LogP contribution is -2.22. The van der Waals surface area contributed by atoms with Gasteiger partial charge in [-0.15, -0.1) is 16.4 Å². The zero-order valence-electron chi connectivity index (χ0n) is 12.4. The molecule has 3 aromatic rings. The van der Waals surface area contributed by atoms with E-state index in [0.29, 0.717) is 24.6 Å². The fourth-order valence-electron chi connectivity index (χ4n) is 2.75. The summed E-state index contributed by atoms with van der Waals surface area (Å²) in [6.45, 7) is 1.42. The van der Waals surface area contributed by atoms with Crippen LogP contribution in [0.2, 0.25) is 0 Å². The number of para-hydroxylation sites is 1. The van der Waals surface area contributed by atoms with Crippen LogP contribution in [0.15, 0.2) is 35.8 Å². The molecule has 5 nitrogen and oxygen atoms in total. The van der Waals surface area contributed by atoms with Crippen LogP contribution in [0.3, 0.4) is 0 Å². The van der Waals surface area contributed by atoms with Crippen LogP contribution >= 0.6 is 11.3 Å². The maximum Gasteiger partial charge on any atom is 0.434 e. The van der Waals surface area contributed by atoms with Gasteiger partial charge in [0.1, 0.15) is 5.01 Å². The van der Waals surface area contributed by atoms with Gasteiger partial charge in [0.2, 0.25) is 0 Å². The number of fused-ring (bicyclic) bond motifs is 2. The zero-order valence-corrected chi connectivity index (χ0v) is 13.2. The number of rotatable bonds is 2. The van der Waals surface area contributed by atoms with Gasteiger partial charge < -0.3 is 4.90 Å². The van der Waals surface area contributed by atoms with E-state index in [9.17, 15) is 13.2 Å². The number of hydrogen-bond donors (Lipinski definition) is 0. The summed E-state index contributed by atoms with van der Waals surface area (Å²) >= 11 is 1.02. The highest BCUT2D eigenvalue weighted by molar-refractivity contribution is 7.09. The minimum absolute atomic E-state index is 0.308. The van der Waals surface area contributed by atoms with Crippen LogP contribution in [0.1, 0.15) is 22.0 Å². The van der Waals surface area contributed by atoms with E-state index in [1.165, 1.54) is 0 Å². The topological polar surface area (TPSA) is 46.8 Å². The van der Waals surface area contributed by atoms with E-state index in [0.717, 1.165) is 33.7 Å². The second-order valence-electron chi connectivity index (χ2n) is 5.49. The van der Waals surface area contributed by atoms with E-state index in [1.807, 2.05) is 33.8 Å². The second-order valence-corrected chi connectivity index (χ2v) is 6.43. The third kappa shape index (κ3) is 2.75. The van der Waals surface area contributed by atoms with Gasteiger partial charge in [0.25, 0.3) is 0 Å². The molecule has 0 fully saturated rings. The van der Waals surface area contributed by atoms with Crippen LogP contribution in [-0.2, 0) is 25.8 Å². The first kappa shape index (κ1) is 15.1. The van der Waals surface area contributed by atoms with Crippen molar-refractivity contribution in [3.63, 3.8) is 0 Å². The van der Waals surface area contributed by atoms with Gasteiger partial charge in [-0.25, -0.2) is 9.67 Å². The number of thiazole rings is 1. The molecule has 1 aromatic carbocycles. The lowest BCUT2D eigenvalue weighted by molar-refractivity contribution is -0.140. The summed E-state index contributed by atoms with van der Waals surface area (Å²) in [4.78, 5) is 5.75. The molecule has 0 N–H and O–H groups in total. The minimum Gasteiger partial charge on any atom is -0.359 e. The van der Waals surface area contributed by atoms with Gasteiger partial charge in [0.05, 0.1) is 31.5 Å². The zero-order chi connectivity index (χ0) is 16.7. The van der Waals surface area contributed by atoms with E-state index in [1.54, 1.807) is 6.20 Å². The third-order valence-electron chi connectivity index (χ3n) is 3.87. The Balaban J connectivity index is 1.68. The highest BCUT2D eigenvalue weighted by atomic mass is 32.1. The second kappa shape index (κ2) is 5.59. The highest BCUT2D eigenvalue weighted by Crippen LogP contribution is 2.32. The van der Waals surface area contributed by atoms with Gasteiger partial charge in [-0.05, 0) is 11.6 Å². The molecule has 3 heterocycles. The average molecular weight is 351 g/mol. The van der Waals surface area contributed by atoms with E-state index in [-0.39, 0.29) is 0 Å². The molecule has 124 valence electrons. The molecule has 2 aromatic heterocycles. The van der Waals surface area contributed by atoms with Crippen LogP contribution in [0.4, 0.5) is 18.9 Å². The lowest BCUT2D eigenvalue weighted by Gasteiger charge is -2.23. The van der Waals surface area contributed by atoms with Crippen molar-refractivity contribution in [2.75, 3.05) is 4.90 Å². The lowest BCUT2D eigenvalue weighted by atomic mass is 10.1. The number of aromatic nitrogens is 4. The summed E-state index contributed by atoms with van der Waals surface area (Å²) in [7, 11) is 0. The molecule has 0 saturated carbocycles. The van der Waals surface area contributed by atoms with E-state index >= 15 is 0 Å². The van der Waals surface area contributed by atoms with Crippen LogP contribution in [0.5, 0.6) is 0 Å². The normalized spacial score (nSPS) is 14.2. The van der Waals surface area contributed by atoms with Crippen molar-refractivity contribution in [1.82, 2.24) is 20.0 Å². The van der Waals surface area contributed by atoms with Crippen molar-refractivity contribution in [2.24, 2.45) is 0 Å². The molecule has 9 heteroatoms. The molecule has 0 spiro atoms. The Hall–Kier alpha value is -2.42. The molecular weight excluding hydrogens is 339 g/mol. The Labute approximate surface area is 139 Å². The molecule has 0 atom stereocenters. The molecule has 0 saturated heterocycles. The molecule has 0 aliphatic carbocycles. The smallest absolute Gasteiger partial charge is 0.359 e. The number of benzene rings is 1. The summed E-state index contributed by atoms with van der Waals surface area (Å²) < 4.78 is 40.1. The number of nitrogens with zero attached hydrogens (tertiary/aromatic N) is 5. The molecule has 0 amide bonds. The van der Waals surface area contributed by atoms with Crippen molar-refractivity contribution in [3.8, 4) is 0 Å². The van der Waals surface area contributed by atoms with Gasteiger partial charge in [0.15, 0.2) is 5.69 Å². The maximum atomic E-state index is 12.7. The highest BCUT2D eigenvalue weighted by Gasteiger charge is 2.34. The van der Waals surface area contributed by atoms with Gasteiger partial charge in [-0.1, -0.05) is 23.4 Å². The van der Waals surface area contributed by atoms with Crippen LogP contribution in [0, 0.1) is 0 Å². The van der Waals surface area contributed by atoms with Crippen LogP contribution in [0.25, 0.3) is 0 Å². The standard InChI is InChI=1S/C15H12F3N5S/c16-15(17,18)13-9-24-14(20-13)8-22-7-11-5-19-21-23(11)6-10-3-1-2-4-12(10)22/h1-5,9H,6-8H2. The Morgan fingerprint density at radius 3 is 2.79 bits per heavy atom. The predicted octanol–water partition coefficient (Wildman–Crippen LogP) is 3.32. The summed E-state index contributed by atoms with van der Waals surface area (Å²) in [5.74, 6) is 0. The first-order valence-electron chi connectivity index (χ1n) is 7.22. The number of halogens is 3. The Bertz CT molecular complexity index is 870. The van der Waals surface area contributed by atoms with Gasteiger partial charge in [-0.3, -0.25) is 0 Å². The molecular formula is C15H12F3N5S. The van der Waals surface area contributed by atoms with Gasteiger partial charge in [-0.2, -0.15) is 13.2 Å². The van der Waals surface area contributed by atoms with E-state index in [4.69, 9.17) is 0 Å². The molecule has 1 aliphatic rings. The quantitative estimate of drug-likeness (QED) is 0.711. The van der Waals surface area contributed by atoms with Crippen molar-refractivity contribution in [1.29, 1.82) is 0 Å². The summed E-state index contributed by atoms with van der Waals surface area (Å²) in [5, 5.41) is 9.48. The average Bonchev–Trinajstić information content (AvgIpc) is 3.14. The fourth-order valence-corrected chi connectivity index (χ4v) is 3.56. The summed E-state index contributed by atoms with van der Waals surface area (Å²) in [6, 6.07) is 7.81. The van der Waals surface area contributed by atoms with Crippen molar-refractivity contribution < 1.29 is 13.2 Å². The Kier molecular flexibility index (Phi) is 3.52. The molecule has 4 rings (SSSR count). The molecule has 1 aliphatic heterocycles. The molecule has 0 unspecified atom stereocenters. The first-order valence-corrected chi connectivity index (χ1v) is 8.10. The Morgan fingerprint density at radius 1 is 1.17 bits per heavy atom. The first-order chi connectivity index (χ1) is 11.5. The monoisotopic (exact) mass is 351 g/mol. The summed E-state index contributed by atoms with van der Waals surface area (Å²) in [5.41, 5.74) is 2.11. The third-order valence-corrected chi connectivity index (χ3v) is 4.71. The molecule has 24 heavy (non-hydrogen) atoms. The number of hydrogen-bond acceptors (Lipinski definition) is 5. The van der Waals surface area contributed by atoms with Crippen LogP contribution < -0.4 is 4.90 Å². The van der Waals surface area contributed by atoms with E-state index < -0.39 is 11.9 Å². The van der Waals surface area contributed by atoms with Crippen molar-refractivity contribution >= 4 is 17.0 Å². The van der Waals surface area contributed by atoms with Gasteiger partial charge in [0, 0.05) is 11.1 Å². The number of anilines is 1. The summed E-state index contributed by atoms with van der Waals surface area (Å²) in [6.07, 6.45) is -2.73. The largest absolute Gasteiger partial charge is 0.434 e. The Morgan fingerprint density at radius 2 is 2.00 bits per heavy atom. The fraction of sp³-hybridized carbons (Fsp3) is 0.267. The van der Waals surface area contributed by atoms with Crippen molar-refractivity contribution in [3.05, 3.63) is 57.8 Å². The SMILES string of the molecule is FC(F)(F)c1csc(CN2Cc3cnnn3Cc3ccccc32)n1. The maximum absolute atomic E-state index is 12.7. The van der Waals surface area contributed by atoms with E-state index in [2.05, 4.69) is 15.3 Å². The minimum atomic E-state index is -4.41. The van der Waals surface area contributed by atoms with Crippen LogP contribution in [-0.4, -0.2) is 20.0 Å². The van der Waals surface area contributed by atoms with Gasteiger partial charge >= 0.3 is 6.18 Å².